The van der Waals surface area contributed by atoms with Crippen LogP contribution < -0.4 is 5.76 Å². The van der Waals surface area contributed by atoms with Crippen LogP contribution in [0.25, 0.3) is 11.4 Å². The monoisotopic (exact) mass is 555 g/mol. The Morgan fingerprint density at radius 3 is 2.44 bits per heavy atom. The Labute approximate surface area is 209 Å². The van der Waals surface area contributed by atoms with E-state index >= 15 is 0 Å². The molecule has 0 bridgehead atoms. The molecule has 0 radical (unpaired) electrons. The van der Waals surface area contributed by atoms with Gasteiger partial charge in [-0.15, -0.1) is 11.3 Å². The molecule has 0 amide bonds. The summed E-state index contributed by atoms with van der Waals surface area (Å²) < 4.78 is 93.9. The molecule has 1 N–H and O–H groups in total. The molecule has 2 aromatic heterocycles. The van der Waals surface area contributed by atoms with Gasteiger partial charge in [-0.25, -0.2) is 9.78 Å². The van der Waals surface area contributed by atoms with E-state index in [1.54, 1.807) is 0 Å². The highest BCUT2D eigenvalue weighted by Gasteiger charge is 2.58. The summed E-state index contributed by atoms with van der Waals surface area (Å²) in [5.74, 6) is -0.763. The van der Waals surface area contributed by atoms with Gasteiger partial charge in [-0.1, -0.05) is 42.1 Å². The molecule has 1 aliphatic carbocycles. The number of ether oxygens (including phenoxy) is 1. The molecule has 1 aliphatic rings. The van der Waals surface area contributed by atoms with Gasteiger partial charge in [0.05, 0.1) is 22.2 Å². The highest BCUT2D eigenvalue weighted by Crippen LogP contribution is 2.53. The van der Waals surface area contributed by atoms with Crippen LogP contribution >= 0.6 is 22.9 Å². The van der Waals surface area contributed by atoms with Crippen LogP contribution in [0.4, 0.5) is 26.3 Å². The van der Waals surface area contributed by atoms with Crippen LogP contribution in [0, 0.1) is 6.92 Å². The van der Waals surface area contributed by atoms with E-state index in [1.165, 1.54) is 25.1 Å². The Morgan fingerprint density at radius 2 is 1.89 bits per heavy atom. The summed E-state index contributed by atoms with van der Waals surface area (Å²) in [6.07, 6.45) is -11.1. The first-order valence-electron chi connectivity index (χ1n) is 10.9. The maximum atomic E-state index is 14.1. The molecule has 1 atom stereocenters. The van der Waals surface area contributed by atoms with Crippen molar-refractivity contribution < 1.29 is 35.6 Å². The fraction of sp³-hybridized carbons (Fsp3) is 0.500. The third-order valence-corrected chi connectivity index (χ3v) is 7.89. The highest BCUT2D eigenvalue weighted by molar-refractivity contribution is 7.12. The lowest BCUT2D eigenvalue weighted by Gasteiger charge is -2.37. The van der Waals surface area contributed by atoms with Crippen molar-refractivity contribution in [2.24, 2.45) is 0 Å². The number of H-pyrrole nitrogens is 1. The summed E-state index contributed by atoms with van der Waals surface area (Å²) in [4.78, 5) is 17.0. The molecule has 1 fully saturated rings. The Balaban J connectivity index is 1.60. The van der Waals surface area contributed by atoms with E-state index in [2.05, 4.69) is 19.6 Å². The molecule has 1 saturated carbocycles. The maximum absolute atomic E-state index is 14.1. The van der Waals surface area contributed by atoms with E-state index in [0.717, 1.165) is 0 Å². The average Bonchev–Trinajstić information content (AvgIpc) is 3.39. The van der Waals surface area contributed by atoms with Crippen molar-refractivity contribution in [3.8, 4) is 11.4 Å². The van der Waals surface area contributed by atoms with Crippen molar-refractivity contribution in [2.75, 3.05) is 0 Å². The molecular formula is C22H20ClF6N3O3S. The first kappa shape index (κ1) is 26.7. The molecule has 0 spiro atoms. The SMILES string of the molecule is Cc1nc(C2(C(F)(F)F)CCCCC2)sc1C(OCc1ccc(-c2noc(=O)[nH]2)c(Cl)c1)C(F)(F)F. The standard InChI is InChI=1S/C22H20ClF6N3O3S/c1-11-15(36-18(30-11)20(22(27,28)29)7-3-2-4-8-20)16(21(24,25)26)34-10-12-5-6-13(14(23)9-12)17-31-19(33)35-32-17/h5-6,9,16H,2-4,7-8,10H2,1H3,(H,31,32,33). The number of nitrogens with zero attached hydrogens (tertiary/aromatic N) is 2. The average molecular weight is 556 g/mol. The van der Waals surface area contributed by atoms with Gasteiger partial charge in [-0.3, -0.25) is 9.51 Å². The van der Waals surface area contributed by atoms with Crippen LogP contribution in [0.2, 0.25) is 5.02 Å². The van der Waals surface area contributed by atoms with Crippen LogP contribution in [-0.4, -0.2) is 27.5 Å². The number of aromatic amines is 1. The Hall–Kier alpha value is -2.38. The first-order valence-corrected chi connectivity index (χ1v) is 12.1. The van der Waals surface area contributed by atoms with Gasteiger partial charge in [0, 0.05) is 5.56 Å². The number of aryl methyl sites for hydroxylation is 1. The van der Waals surface area contributed by atoms with Crippen LogP contribution in [0.15, 0.2) is 27.5 Å². The van der Waals surface area contributed by atoms with E-state index in [9.17, 15) is 31.1 Å². The molecule has 14 heteroatoms. The van der Waals surface area contributed by atoms with E-state index in [1.807, 2.05) is 0 Å². The first-order chi connectivity index (χ1) is 16.8. The zero-order valence-corrected chi connectivity index (χ0v) is 20.3. The summed E-state index contributed by atoms with van der Waals surface area (Å²) >= 11 is 6.58. The smallest absolute Gasteiger partial charge is 0.358 e. The van der Waals surface area contributed by atoms with Crippen molar-refractivity contribution in [1.82, 2.24) is 15.1 Å². The van der Waals surface area contributed by atoms with Gasteiger partial charge in [-0.05, 0) is 37.5 Å². The summed E-state index contributed by atoms with van der Waals surface area (Å²) in [6.45, 7) is 0.727. The summed E-state index contributed by atoms with van der Waals surface area (Å²) in [5, 5.41) is 3.22. The van der Waals surface area contributed by atoms with Gasteiger partial charge in [0.1, 0.15) is 10.4 Å². The Kier molecular flexibility index (Phi) is 7.28. The molecule has 1 unspecified atom stereocenters. The zero-order chi connectivity index (χ0) is 26.3. The van der Waals surface area contributed by atoms with Gasteiger partial charge in [-0.2, -0.15) is 26.3 Å². The van der Waals surface area contributed by atoms with Gasteiger partial charge in [0.2, 0.25) is 0 Å². The Morgan fingerprint density at radius 1 is 1.19 bits per heavy atom. The molecule has 4 rings (SSSR count). The molecule has 0 aliphatic heterocycles. The number of aromatic nitrogens is 3. The topological polar surface area (TPSA) is 81.0 Å². The van der Waals surface area contributed by atoms with Crippen molar-refractivity contribution in [3.05, 3.63) is 54.9 Å². The second kappa shape index (κ2) is 9.82. The largest absolute Gasteiger partial charge is 0.439 e. The summed E-state index contributed by atoms with van der Waals surface area (Å²) in [5.41, 5.74) is -1.84. The van der Waals surface area contributed by atoms with Gasteiger partial charge in [0.25, 0.3) is 0 Å². The van der Waals surface area contributed by atoms with Crippen molar-refractivity contribution >= 4 is 22.9 Å². The predicted molar refractivity (Wildman–Crippen MR) is 119 cm³/mol. The number of nitrogens with one attached hydrogen (secondary N) is 1. The molecule has 3 aromatic rings. The third-order valence-electron chi connectivity index (χ3n) is 6.17. The van der Waals surface area contributed by atoms with E-state index in [4.69, 9.17) is 16.3 Å². The number of thiazole rings is 1. The van der Waals surface area contributed by atoms with Gasteiger partial charge in [0.15, 0.2) is 11.9 Å². The fourth-order valence-corrected chi connectivity index (χ4v) is 6.02. The van der Waals surface area contributed by atoms with Crippen LogP contribution in [0.3, 0.4) is 0 Å². The zero-order valence-electron chi connectivity index (χ0n) is 18.7. The minimum atomic E-state index is -4.89. The number of rotatable bonds is 6. The second-order valence-electron chi connectivity index (χ2n) is 8.60. The molecule has 6 nitrogen and oxygen atoms in total. The van der Waals surface area contributed by atoms with E-state index in [-0.39, 0.29) is 45.5 Å². The molecule has 36 heavy (non-hydrogen) atoms. The maximum Gasteiger partial charge on any atom is 0.439 e. The lowest BCUT2D eigenvalue weighted by molar-refractivity contribution is -0.226. The molecule has 1 aromatic carbocycles. The minimum Gasteiger partial charge on any atom is -0.358 e. The molecule has 196 valence electrons. The normalized spacial score (nSPS) is 17.3. The molecule has 0 saturated heterocycles. The number of alkyl halides is 6. The fourth-order valence-electron chi connectivity index (χ4n) is 4.31. The second-order valence-corrected chi connectivity index (χ2v) is 10.0. The number of halogens is 7. The van der Waals surface area contributed by atoms with Crippen molar-refractivity contribution in [3.63, 3.8) is 0 Å². The van der Waals surface area contributed by atoms with Crippen molar-refractivity contribution in [2.45, 2.75) is 69.5 Å². The van der Waals surface area contributed by atoms with E-state index in [0.29, 0.717) is 30.6 Å². The van der Waals surface area contributed by atoms with Gasteiger partial charge < -0.3 is 4.74 Å². The minimum absolute atomic E-state index is 0.0414. The third kappa shape index (κ3) is 5.18. The van der Waals surface area contributed by atoms with E-state index < -0.39 is 41.1 Å². The molecular weight excluding hydrogens is 536 g/mol. The van der Waals surface area contributed by atoms with Crippen LogP contribution in [-0.2, 0) is 16.8 Å². The highest BCUT2D eigenvalue weighted by atomic mass is 35.5. The summed E-state index contributed by atoms with van der Waals surface area (Å²) in [7, 11) is 0. The van der Waals surface area contributed by atoms with Crippen LogP contribution in [0.5, 0.6) is 0 Å². The van der Waals surface area contributed by atoms with Crippen molar-refractivity contribution in [1.29, 1.82) is 0 Å². The lowest BCUT2D eigenvalue weighted by atomic mass is 9.74. The molecule has 2 heterocycles. The quantitative estimate of drug-likeness (QED) is 0.330. The number of benzene rings is 1. The van der Waals surface area contributed by atoms with Crippen LogP contribution in [0.1, 0.15) is 59.4 Å². The summed E-state index contributed by atoms with van der Waals surface area (Å²) in [6, 6.07) is 4.18. The lowest BCUT2D eigenvalue weighted by Crippen LogP contribution is -2.43. The van der Waals surface area contributed by atoms with Gasteiger partial charge >= 0.3 is 18.1 Å². The number of hydrogen-bond acceptors (Lipinski definition) is 6. The number of hydrogen-bond donors (Lipinski definition) is 1. The predicted octanol–water partition coefficient (Wildman–Crippen LogP) is 7.03. The Bertz CT molecular complexity index is 1280.